The van der Waals surface area contributed by atoms with Crippen molar-refractivity contribution in [2.75, 3.05) is 26.2 Å². The van der Waals surface area contributed by atoms with Gasteiger partial charge in [0.2, 0.25) is 0 Å². The molecule has 1 atom stereocenters. The van der Waals surface area contributed by atoms with Gasteiger partial charge in [0.05, 0.1) is 6.20 Å². The molecule has 0 bridgehead atoms. The maximum absolute atomic E-state index is 12.9. The summed E-state index contributed by atoms with van der Waals surface area (Å²) in [7, 11) is 1.91. The first-order valence-electron chi connectivity index (χ1n) is 11.1. The van der Waals surface area contributed by atoms with Crippen LogP contribution in [0.4, 0.5) is 0 Å². The summed E-state index contributed by atoms with van der Waals surface area (Å²) in [5.74, 6) is 0.00255. The van der Waals surface area contributed by atoms with Crippen LogP contribution in [0.25, 0.3) is 22.3 Å². The molecule has 3 aromatic rings. The van der Waals surface area contributed by atoms with Crippen LogP contribution in [0.2, 0.25) is 0 Å². The number of carbonyl (C=O) groups excluding carboxylic acids is 1. The highest BCUT2D eigenvalue weighted by molar-refractivity contribution is 5.94. The zero-order chi connectivity index (χ0) is 22.3. The monoisotopic (exact) mass is 432 g/mol. The molecule has 2 aromatic carbocycles. The van der Waals surface area contributed by atoms with Crippen molar-refractivity contribution < 1.29 is 15.0 Å². The smallest absolute Gasteiger partial charge is 0.253 e. The van der Waals surface area contributed by atoms with Crippen LogP contribution in [0, 0.1) is 0 Å². The van der Waals surface area contributed by atoms with Gasteiger partial charge in [-0.05, 0) is 41.7 Å². The van der Waals surface area contributed by atoms with Gasteiger partial charge in [-0.3, -0.25) is 14.4 Å². The SMILES string of the molecule is Cn1cc(-c2ccc(-c3ccc(C(=O)N4CCN(C(O)C5(O)CC5)CC4)cc3)cc2)cn1. The molecule has 1 saturated carbocycles. The maximum Gasteiger partial charge on any atom is 0.253 e. The van der Waals surface area contributed by atoms with E-state index in [4.69, 9.17) is 0 Å². The number of aryl methyl sites for hydroxylation is 1. The molecule has 1 aliphatic carbocycles. The van der Waals surface area contributed by atoms with Crippen LogP contribution in [0.5, 0.6) is 0 Å². The Kier molecular flexibility index (Phi) is 5.33. The minimum atomic E-state index is -0.946. The summed E-state index contributed by atoms with van der Waals surface area (Å²) >= 11 is 0. The molecule has 1 amide bonds. The largest absolute Gasteiger partial charge is 0.386 e. The van der Waals surface area contributed by atoms with Gasteiger partial charge in [-0.2, -0.15) is 5.10 Å². The molecule has 7 heteroatoms. The van der Waals surface area contributed by atoms with Crippen LogP contribution in [-0.4, -0.2) is 73.7 Å². The number of hydrogen-bond donors (Lipinski definition) is 2. The maximum atomic E-state index is 12.9. The predicted octanol–water partition coefficient (Wildman–Crippen LogP) is 2.36. The highest BCUT2D eigenvalue weighted by Gasteiger charge is 2.50. The van der Waals surface area contributed by atoms with E-state index >= 15 is 0 Å². The van der Waals surface area contributed by atoms with E-state index in [-0.39, 0.29) is 5.91 Å². The number of benzene rings is 2. The lowest BCUT2D eigenvalue weighted by Crippen LogP contribution is -2.55. The molecule has 7 nitrogen and oxygen atoms in total. The summed E-state index contributed by atoms with van der Waals surface area (Å²) < 4.78 is 1.79. The summed E-state index contributed by atoms with van der Waals surface area (Å²) in [5, 5.41) is 24.6. The molecule has 2 N–H and O–H groups in total. The second kappa shape index (κ2) is 8.16. The molecule has 1 saturated heterocycles. The molecule has 2 heterocycles. The number of piperazine rings is 1. The molecule has 1 aliphatic heterocycles. The molecule has 1 unspecified atom stereocenters. The number of carbonyl (C=O) groups is 1. The van der Waals surface area contributed by atoms with Crippen LogP contribution in [-0.2, 0) is 7.05 Å². The third-order valence-corrected chi connectivity index (χ3v) is 6.58. The molecular formula is C25H28N4O3. The standard InChI is InChI=1S/C25H28N4O3/c1-27-17-22(16-26-27)20-4-2-18(3-5-20)19-6-8-21(9-7-19)23(30)28-12-14-29(15-13-28)24(31)25(32)10-11-25/h2-9,16-17,24,31-32H,10-15H2,1H3. The lowest BCUT2D eigenvalue weighted by Gasteiger charge is -2.38. The minimum Gasteiger partial charge on any atom is -0.386 e. The topological polar surface area (TPSA) is 81.8 Å². The molecular weight excluding hydrogens is 404 g/mol. The van der Waals surface area contributed by atoms with E-state index < -0.39 is 11.8 Å². The summed E-state index contributed by atoms with van der Waals surface area (Å²) in [6.45, 7) is 2.22. The summed E-state index contributed by atoms with van der Waals surface area (Å²) in [4.78, 5) is 16.6. The van der Waals surface area contributed by atoms with Gasteiger partial charge >= 0.3 is 0 Å². The van der Waals surface area contributed by atoms with Crippen molar-refractivity contribution in [3.05, 3.63) is 66.5 Å². The van der Waals surface area contributed by atoms with Crippen LogP contribution in [0.1, 0.15) is 23.2 Å². The Hall–Kier alpha value is -3.00. The van der Waals surface area contributed by atoms with E-state index in [0.29, 0.717) is 44.6 Å². The Bertz CT molecular complexity index is 1090. The number of nitrogens with zero attached hydrogens (tertiary/aromatic N) is 4. The van der Waals surface area contributed by atoms with E-state index in [1.54, 1.807) is 4.68 Å². The minimum absolute atomic E-state index is 0.00255. The van der Waals surface area contributed by atoms with Crippen LogP contribution in [0.3, 0.4) is 0 Å². The van der Waals surface area contributed by atoms with Crippen LogP contribution in [0.15, 0.2) is 60.9 Å². The highest BCUT2D eigenvalue weighted by atomic mass is 16.4. The summed E-state index contributed by atoms with van der Waals surface area (Å²) in [6, 6.07) is 16.0. The zero-order valence-electron chi connectivity index (χ0n) is 18.2. The molecule has 0 radical (unpaired) electrons. The number of aliphatic hydroxyl groups excluding tert-OH is 1. The van der Waals surface area contributed by atoms with Crippen molar-refractivity contribution >= 4 is 5.91 Å². The van der Waals surface area contributed by atoms with Crippen molar-refractivity contribution in [3.63, 3.8) is 0 Å². The Morgan fingerprint density at radius 2 is 1.44 bits per heavy atom. The van der Waals surface area contributed by atoms with Gasteiger partial charge in [0.25, 0.3) is 5.91 Å². The van der Waals surface area contributed by atoms with Gasteiger partial charge in [-0.25, -0.2) is 0 Å². The lowest BCUT2D eigenvalue weighted by atomic mass is 10.0. The predicted molar refractivity (Wildman–Crippen MR) is 122 cm³/mol. The fourth-order valence-corrected chi connectivity index (χ4v) is 4.31. The molecule has 2 fully saturated rings. The fraction of sp³-hybridized carbons (Fsp3) is 0.360. The first kappa shape index (κ1) is 20.9. The first-order chi connectivity index (χ1) is 15.4. The number of rotatable bonds is 5. The first-order valence-corrected chi connectivity index (χ1v) is 11.1. The van der Waals surface area contributed by atoms with E-state index in [2.05, 4.69) is 29.4 Å². The molecule has 32 heavy (non-hydrogen) atoms. The van der Waals surface area contributed by atoms with Gasteiger partial charge in [0.15, 0.2) is 0 Å². The third kappa shape index (κ3) is 4.07. The van der Waals surface area contributed by atoms with Crippen molar-refractivity contribution in [2.45, 2.75) is 24.7 Å². The molecule has 5 rings (SSSR count). The van der Waals surface area contributed by atoms with Gasteiger partial charge < -0.3 is 15.1 Å². The van der Waals surface area contributed by atoms with E-state index in [1.807, 2.05) is 53.5 Å². The second-order valence-corrected chi connectivity index (χ2v) is 8.86. The number of aromatic nitrogens is 2. The van der Waals surface area contributed by atoms with E-state index in [1.165, 1.54) is 0 Å². The Morgan fingerprint density at radius 1 is 0.906 bits per heavy atom. The van der Waals surface area contributed by atoms with E-state index in [0.717, 1.165) is 22.3 Å². The Morgan fingerprint density at radius 3 is 1.94 bits per heavy atom. The Balaban J connectivity index is 1.21. The summed E-state index contributed by atoms with van der Waals surface area (Å²) in [5.41, 5.74) is 4.07. The molecule has 2 aliphatic rings. The highest BCUT2D eigenvalue weighted by Crippen LogP contribution is 2.39. The number of aliphatic hydroxyl groups is 2. The zero-order valence-corrected chi connectivity index (χ0v) is 18.2. The quantitative estimate of drug-likeness (QED) is 0.647. The van der Waals surface area contributed by atoms with Crippen molar-refractivity contribution in [1.29, 1.82) is 0 Å². The van der Waals surface area contributed by atoms with Gasteiger partial charge in [0.1, 0.15) is 11.8 Å². The Labute approximate surface area is 187 Å². The average Bonchev–Trinajstić information content (AvgIpc) is 3.44. The lowest BCUT2D eigenvalue weighted by molar-refractivity contribution is -0.108. The second-order valence-electron chi connectivity index (χ2n) is 8.86. The fourth-order valence-electron chi connectivity index (χ4n) is 4.31. The van der Waals surface area contributed by atoms with E-state index in [9.17, 15) is 15.0 Å². The average molecular weight is 433 g/mol. The van der Waals surface area contributed by atoms with Gasteiger partial charge in [0, 0.05) is 50.6 Å². The molecule has 0 spiro atoms. The van der Waals surface area contributed by atoms with Crippen LogP contribution >= 0.6 is 0 Å². The number of hydrogen-bond acceptors (Lipinski definition) is 5. The van der Waals surface area contributed by atoms with Gasteiger partial charge in [-0.15, -0.1) is 0 Å². The van der Waals surface area contributed by atoms with Crippen molar-refractivity contribution in [2.24, 2.45) is 7.05 Å². The molecule has 1 aromatic heterocycles. The van der Waals surface area contributed by atoms with Crippen molar-refractivity contribution in [3.8, 4) is 22.3 Å². The normalized spacial score (nSPS) is 19.0. The van der Waals surface area contributed by atoms with Gasteiger partial charge in [-0.1, -0.05) is 36.4 Å². The summed E-state index contributed by atoms with van der Waals surface area (Å²) in [6.07, 6.45) is 4.30. The number of amides is 1. The molecule has 166 valence electrons. The third-order valence-electron chi connectivity index (χ3n) is 6.58. The van der Waals surface area contributed by atoms with Crippen LogP contribution < -0.4 is 0 Å². The van der Waals surface area contributed by atoms with Crippen molar-refractivity contribution in [1.82, 2.24) is 19.6 Å².